The summed E-state index contributed by atoms with van der Waals surface area (Å²) >= 11 is 0. The molecule has 0 saturated carbocycles. The highest BCUT2D eigenvalue weighted by Gasteiger charge is 2.14. The first-order valence-electron chi connectivity index (χ1n) is 8.54. The van der Waals surface area contributed by atoms with E-state index in [1.807, 2.05) is 0 Å². The SMILES string of the molecule is COCCOCc1cc(C(=O)NCCC2CCCNC2)ccc1F. The molecule has 1 aromatic rings. The second kappa shape index (κ2) is 10.4. The zero-order valence-corrected chi connectivity index (χ0v) is 14.3. The van der Waals surface area contributed by atoms with Crippen LogP contribution in [0.2, 0.25) is 0 Å². The first-order valence-corrected chi connectivity index (χ1v) is 8.54. The van der Waals surface area contributed by atoms with Crippen molar-refractivity contribution in [1.29, 1.82) is 0 Å². The topological polar surface area (TPSA) is 59.6 Å². The van der Waals surface area contributed by atoms with Crippen LogP contribution in [-0.2, 0) is 16.1 Å². The first-order chi connectivity index (χ1) is 11.7. The van der Waals surface area contributed by atoms with Gasteiger partial charge in [0.15, 0.2) is 0 Å². The molecule has 134 valence electrons. The maximum atomic E-state index is 13.8. The second-order valence-electron chi connectivity index (χ2n) is 6.11. The van der Waals surface area contributed by atoms with Crippen LogP contribution in [0.3, 0.4) is 0 Å². The van der Waals surface area contributed by atoms with Gasteiger partial charge in [-0.25, -0.2) is 4.39 Å². The zero-order valence-electron chi connectivity index (χ0n) is 14.3. The molecule has 1 aromatic carbocycles. The summed E-state index contributed by atoms with van der Waals surface area (Å²) in [6, 6.07) is 4.38. The Morgan fingerprint density at radius 2 is 2.29 bits per heavy atom. The van der Waals surface area contributed by atoms with Gasteiger partial charge in [-0.15, -0.1) is 0 Å². The molecule has 1 unspecified atom stereocenters. The van der Waals surface area contributed by atoms with Crippen LogP contribution in [0.1, 0.15) is 35.2 Å². The predicted molar refractivity (Wildman–Crippen MR) is 90.5 cm³/mol. The van der Waals surface area contributed by atoms with Crippen LogP contribution in [0.5, 0.6) is 0 Å². The summed E-state index contributed by atoms with van der Waals surface area (Å²) in [7, 11) is 1.58. The van der Waals surface area contributed by atoms with E-state index in [1.165, 1.54) is 25.0 Å². The molecular weight excluding hydrogens is 311 g/mol. The molecule has 1 aliphatic heterocycles. The summed E-state index contributed by atoms with van der Waals surface area (Å²) in [4.78, 5) is 12.2. The lowest BCUT2D eigenvalue weighted by molar-refractivity contribution is 0.0604. The molecule has 5 nitrogen and oxygen atoms in total. The zero-order chi connectivity index (χ0) is 17.2. The number of hydrogen-bond donors (Lipinski definition) is 2. The number of amides is 1. The summed E-state index contributed by atoms with van der Waals surface area (Å²) in [5, 5.41) is 6.29. The number of hydrogen-bond acceptors (Lipinski definition) is 4. The molecule has 0 bridgehead atoms. The van der Waals surface area contributed by atoms with Crippen molar-refractivity contribution >= 4 is 5.91 Å². The summed E-state index contributed by atoms with van der Waals surface area (Å²) in [6.07, 6.45) is 3.37. The molecule has 24 heavy (non-hydrogen) atoms. The third-order valence-electron chi connectivity index (χ3n) is 4.23. The van der Waals surface area contributed by atoms with Crippen LogP contribution in [0.25, 0.3) is 0 Å². The van der Waals surface area contributed by atoms with Crippen LogP contribution in [0.4, 0.5) is 4.39 Å². The van der Waals surface area contributed by atoms with Crippen LogP contribution < -0.4 is 10.6 Å². The van der Waals surface area contributed by atoms with Crippen molar-refractivity contribution in [3.8, 4) is 0 Å². The lowest BCUT2D eigenvalue weighted by Crippen LogP contribution is -2.33. The van der Waals surface area contributed by atoms with Crippen molar-refractivity contribution in [3.63, 3.8) is 0 Å². The number of carbonyl (C=O) groups excluding carboxylic acids is 1. The van der Waals surface area contributed by atoms with E-state index >= 15 is 0 Å². The van der Waals surface area contributed by atoms with Crippen LogP contribution >= 0.6 is 0 Å². The Morgan fingerprint density at radius 1 is 1.42 bits per heavy atom. The van der Waals surface area contributed by atoms with Gasteiger partial charge in [0.2, 0.25) is 0 Å². The summed E-state index contributed by atoms with van der Waals surface area (Å²) < 4.78 is 24.0. The molecule has 0 spiro atoms. The van der Waals surface area contributed by atoms with Gasteiger partial charge in [-0.1, -0.05) is 0 Å². The van der Waals surface area contributed by atoms with E-state index in [-0.39, 0.29) is 18.3 Å². The fraction of sp³-hybridized carbons (Fsp3) is 0.611. The Kier molecular flexibility index (Phi) is 8.15. The summed E-state index contributed by atoms with van der Waals surface area (Å²) in [5.74, 6) is 0.0890. The molecule has 6 heteroatoms. The summed E-state index contributed by atoms with van der Waals surface area (Å²) in [5.41, 5.74) is 0.846. The van der Waals surface area contributed by atoms with E-state index in [1.54, 1.807) is 13.2 Å². The minimum Gasteiger partial charge on any atom is -0.382 e. The van der Waals surface area contributed by atoms with Gasteiger partial charge in [-0.2, -0.15) is 0 Å². The Balaban J connectivity index is 1.80. The molecule has 1 fully saturated rings. The highest BCUT2D eigenvalue weighted by atomic mass is 19.1. The smallest absolute Gasteiger partial charge is 0.251 e. The van der Waals surface area contributed by atoms with Crippen molar-refractivity contribution in [3.05, 3.63) is 35.1 Å². The van der Waals surface area contributed by atoms with Gasteiger partial charge in [-0.05, 0) is 56.5 Å². The number of rotatable bonds is 9. The third kappa shape index (κ3) is 6.19. The average Bonchev–Trinajstić information content (AvgIpc) is 2.61. The van der Waals surface area contributed by atoms with E-state index in [0.29, 0.717) is 36.8 Å². The van der Waals surface area contributed by atoms with Crippen molar-refractivity contribution in [2.75, 3.05) is 40.0 Å². The lowest BCUT2D eigenvalue weighted by atomic mass is 9.96. The predicted octanol–water partition coefficient (Wildman–Crippen LogP) is 2.11. The third-order valence-corrected chi connectivity index (χ3v) is 4.23. The van der Waals surface area contributed by atoms with Crippen molar-refractivity contribution in [2.24, 2.45) is 5.92 Å². The van der Waals surface area contributed by atoms with Crippen molar-refractivity contribution in [1.82, 2.24) is 10.6 Å². The number of methoxy groups -OCH3 is 1. The van der Waals surface area contributed by atoms with Gasteiger partial charge in [0, 0.05) is 24.8 Å². The molecular formula is C18H27FN2O3. The van der Waals surface area contributed by atoms with Crippen molar-refractivity contribution < 1.29 is 18.7 Å². The molecule has 2 N–H and O–H groups in total. The second-order valence-corrected chi connectivity index (χ2v) is 6.11. The number of nitrogens with one attached hydrogen (secondary N) is 2. The quantitative estimate of drug-likeness (QED) is 0.677. The van der Waals surface area contributed by atoms with Crippen LogP contribution in [0.15, 0.2) is 18.2 Å². The lowest BCUT2D eigenvalue weighted by Gasteiger charge is -2.22. The van der Waals surface area contributed by atoms with Gasteiger partial charge in [0.25, 0.3) is 5.91 Å². The molecule has 1 aliphatic rings. The van der Waals surface area contributed by atoms with Crippen molar-refractivity contribution in [2.45, 2.75) is 25.9 Å². The molecule has 0 aliphatic carbocycles. The maximum absolute atomic E-state index is 13.8. The summed E-state index contributed by atoms with van der Waals surface area (Å²) in [6.45, 7) is 3.73. The first kappa shape index (κ1) is 18.8. The fourth-order valence-corrected chi connectivity index (χ4v) is 2.81. The fourth-order valence-electron chi connectivity index (χ4n) is 2.81. The van der Waals surface area contributed by atoms with Gasteiger partial charge in [0.05, 0.1) is 19.8 Å². The average molecular weight is 338 g/mol. The minimum atomic E-state index is -0.364. The van der Waals surface area contributed by atoms with Gasteiger partial charge in [-0.3, -0.25) is 4.79 Å². The molecule has 2 rings (SSSR count). The molecule has 1 amide bonds. The molecule has 1 heterocycles. The van der Waals surface area contributed by atoms with E-state index in [9.17, 15) is 9.18 Å². The standard InChI is InChI=1S/C18H27FN2O3/c1-23-9-10-24-13-16-11-15(4-5-17(16)19)18(22)21-8-6-14-3-2-7-20-12-14/h4-5,11,14,20H,2-3,6-10,12-13H2,1H3,(H,21,22). The van der Waals surface area contributed by atoms with Gasteiger partial charge in [0.1, 0.15) is 5.82 Å². The van der Waals surface area contributed by atoms with Gasteiger partial charge < -0.3 is 20.1 Å². The Morgan fingerprint density at radius 3 is 3.04 bits per heavy atom. The molecule has 0 radical (unpaired) electrons. The van der Waals surface area contributed by atoms with E-state index in [2.05, 4.69) is 10.6 Å². The largest absolute Gasteiger partial charge is 0.382 e. The number of carbonyl (C=O) groups is 1. The maximum Gasteiger partial charge on any atom is 0.251 e. The number of benzene rings is 1. The molecule has 1 atom stereocenters. The van der Waals surface area contributed by atoms with E-state index in [4.69, 9.17) is 9.47 Å². The van der Waals surface area contributed by atoms with Crippen LogP contribution in [0, 0.1) is 11.7 Å². The minimum absolute atomic E-state index is 0.129. The normalized spacial score (nSPS) is 17.7. The van der Waals surface area contributed by atoms with E-state index < -0.39 is 0 Å². The van der Waals surface area contributed by atoms with Crippen LogP contribution in [-0.4, -0.2) is 45.9 Å². The number of halogens is 1. The highest BCUT2D eigenvalue weighted by molar-refractivity contribution is 5.94. The Labute approximate surface area is 142 Å². The van der Waals surface area contributed by atoms with E-state index in [0.717, 1.165) is 19.5 Å². The Bertz CT molecular complexity index is 519. The number of ether oxygens (including phenoxy) is 2. The van der Waals surface area contributed by atoms with Gasteiger partial charge >= 0.3 is 0 Å². The Hall–Kier alpha value is -1.50. The molecule has 1 saturated heterocycles. The monoisotopic (exact) mass is 338 g/mol. The highest BCUT2D eigenvalue weighted by Crippen LogP contribution is 2.14. The number of piperidine rings is 1. The molecule has 0 aromatic heterocycles.